The number of fused-ring (bicyclic) bond motifs is 1. The lowest BCUT2D eigenvalue weighted by Gasteiger charge is -2.09. The van der Waals surface area contributed by atoms with Crippen molar-refractivity contribution in [3.63, 3.8) is 0 Å². The molecule has 0 nitrogen and oxygen atoms in total. The molecule has 0 aromatic carbocycles. The van der Waals surface area contributed by atoms with Crippen LogP contribution < -0.4 is 0 Å². The minimum atomic E-state index is 0.667. The lowest BCUT2D eigenvalue weighted by Crippen LogP contribution is -1.93. The van der Waals surface area contributed by atoms with Gasteiger partial charge in [0.25, 0.3) is 0 Å². The fourth-order valence-electron chi connectivity index (χ4n) is 3.11. The summed E-state index contributed by atoms with van der Waals surface area (Å²) in [7, 11) is 0. The first-order chi connectivity index (χ1) is 9.80. The second-order valence-corrected chi connectivity index (χ2v) is 7.35. The summed E-state index contributed by atoms with van der Waals surface area (Å²) in [5.41, 5.74) is 5.06. The van der Waals surface area contributed by atoms with Gasteiger partial charge in [0.1, 0.15) is 0 Å². The van der Waals surface area contributed by atoms with Crippen molar-refractivity contribution >= 4 is 11.8 Å². The van der Waals surface area contributed by atoms with Crippen molar-refractivity contribution in [3.05, 3.63) is 33.8 Å². The largest absolute Gasteiger partial charge is 0.118 e. The molecule has 0 bridgehead atoms. The van der Waals surface area contributed by atoms with Crippen LogP contribution in [0.25, 0.3) is 0 Å². The van der Waals surface area contributed by atoms with Gasteiger partial charge in [0.2, 0.25) is 0 Å². The van der Waals surface area contributed by atoms with E-state index in [1.807, 2.05) is 0 Å². The van der Waals surface area contributed by atoms with Gasteiger partial charge in [-0.15, -0.1) is 11.8 Å². The highest BCUT2D eigenvalue weighted by Crippen LogP contribution is 2.48. The summed E-state index contributed by atoms with van der Waals surface area (Å²) in [4.78, 5) is 1.63. The topological polar surface area (TPSA) is 0 Å². The van der Waals surface area contributed by atoms with Crippen molar-refractivity contribution in [2.45, 2.75) is 83.8 Å². The Kier molecular flexibility index (Phi) is 6.48. The molecule has 20 heavy (non-hydrogen) atoms. The highest BCUT2D eigenvalue weighted by Gasteiger charge is 2.29. The molecule has 0 N–H and O–H groups in total. The zero-order valence-corrected chi connectivity index (χ0v) is 14.3. The Hall–Kier alpha value is -0.430. The van der Waals surface area contributed by atoms with Gasteiger partial charge in [-0.2, -0.15) is 0 Å². The van der Waals surface area contributed by atoms with Gasteiger partial charge in [-0.3, -0.25) is 0 Å². The maximum Gasteiger partial charge on any atom is 0.0530 e. The third-order valence-corrected chi connectivity index (χ3v) is 5.62. The Morgan fingerprint density at radius 3 is 2.25 bits per heavy atom. The van der Waals surface area contributed by atoms with Crippen LogP contribution in [0, 0.1) is 0 Å². The molecule has 0 fully saturated rings. The zero-order valence-electron chi connectivity index (χ0n) is 13.5. The highest BCUT2D eigenvalue weighted by atomic mass is 32.2. The summed E-state index contributed by atoms with van der Waals surface area (Å²) in [6.07, 6.45) is 17.0. The van der Waals surface area contributed by atoms with Crippen LogP contribution in [0.3, 0.4) is 0 Å². The highest BCUT2D eigenvalue weighted by molar-refractivity contribution is 8.04. The van der Waals surface area contributed by atoms with Crippen molar-refractivity contribution in [3.8, 4) is 0 Å². The first-order valence-electron chi connectivity index (χ1n) is 8.61. The lowest BCUT2D eigenvalue weighted by atomic mass is 9.96. The van der Waals surface area contributed by atoms with Gasteiger partial charge in [0.15, 0.2) is 0 Å². The third kappa shape index (κ3) is 3.81. The molecule has 2 rings (SSSR count). The van der Waals surface area contributed by atoms with Gasteiger partial charge in [0.05, 0.1) is 5.25 Å². The second-order valence-electron chi connectivity index (χ2n) is 6.09. The van der Waals surface area contributed by atoms with Crippen LogP contribution in [0.15, 0.2) is 33.8 Å². The van der Waals surface area contributed by atoms with E-state index >= 15 is 0 Å². The molecule has 112 valence electrons. The summed E-state index contributed by atoms with van der Waals surface area (Å²) in [5.74, 6) is 0. The monoisotopic (exact) mass is 290 g/mol. The molecule has 0 saturated heterocycles. The molecule has 0 radical (unpaired) electrons. The minimum absolute atomic E-state index is 0.667. The van der Waals surface area contributed by atoms with E-state index in [0.29, 0.717) is 5.25 Å². The number of rotatable bonds is 9. The number of thioether (sulfide) groups is 1. The summed E-state index contributed by atoms with van der Waals surface area (Å²) in [6, 6.07) is 0. The fourth-order valence-corrected chi connectivity index (χ4v) is 4.46. The Labute approximate surface area is 129 Å². The molecule has 0 amide bonds. The molecule has 1 aliphatic carbocycles. The van der Waals surface area contributed by atoms with Crippen LogP contribution in [-0.2, 0) is 0 Å². The van der Waals surface area contributed by atoms with Crippen LogP contribution in [0.4, 0.5) is 0 Å². The maximum absolute atomic E-state index is 2.58. The lowest BCUT2D eigenvalue weighted by molar-refractivity contribution is 0.754. The molecule has 2 aliphatic rings. The molecular formula is C19H30S. The average Bonchev–Trinajstić information content (AvgIpc) is 2.98. The zero-order chi connectivity index (χ0) is 14.4. The van der Waals surface area contributed by atoms with Crippen molar-refractivity contribution in [1.82, 2.24) is 0 Å². The summed E-state index contributed by atoms with van der Waals surface area (Å²) < 4.78 is 0. The van der Waals surface area contributed by atoms with Crippen LogP contribution in [0.2, 0.25) is 0 Å². The molecule has 1 unspecified atom stereocenters. The van der Waals surface area contributed by atoms with Gasteiger partial charge in [-0.25, -0.2) is 0 Å². The summed E-state index contributed by atoms with van der Waals surface area (Å²) >= 11 is 2.12. The van der Waals surface area contributed by atoms with Gasteiger partial charge in [0, 0.05) is 0 Å². The predicted octanol–water partition coefficient (Wildman–Crippen LogP) is 6.79. The summed E-state index contributed by atoms with van der Waals surface area (Å²) in [6.45, 7) is 6.89. The molecular weight excluding hydrogens is 260 g/mol. The molecule has 1 atom stereocenters. The number of hydrogen-bond donors (Lipinski definition) is 0. The Morgan fingerprint density at radius 1 is 0.900 bits per heavy atom. The van der Waals surface area contributed by atoms with E-state index < -0.39 is 0 Å². The standard InChI is InChI=1S/C19H30S/c1-4-7-10-15-13-19-18(17(15)12-9-6-3)14-16(20-19)11-8-5-2/h13-14,19H,4-12H2,1-3H3. The van der Waals surface area contributed by atoms with E-state index in [1.165, 1.54) is 57.8 Å². The molecule has 1 aliphatic heterocycles. The van der Waals surface area contributed by atoms with Crippen molar-refractivity contribution < 1.29 is 0 Å². The average molecular weight is 291 g/mol. The van der Waals surface area contributed by atoms with E-state index in [9.17, 15) is 0 Å². The first kappa shape index (κ1) is 15.9. The quantitative estimate of drug-likeness (QED) is 0.450. The van der Waals surface area contributed by atoms with Gasteiger partial charge in [-0.1, -0.05) is 46.1 Å². The second kappa shape index (κ2) is 8.12. The van der Waals surface area contributed by atoms with Crippen LogP contribution in [0.5, 0.6) is 0 Å². The molecule has 0 aromatic heterocycles. The Bertz CT molecular complexity index is 411. The van der Waals surface area contributed by atoms with Crippen LogP contribution in [-0.4, -0.2) is 5.25 Å². The van der Waals surface area contributed by atoms with Crippen LogP contribution >= 0.6 is 11.8 Å². The molecule has 0 spiro atoms. The molecule has 0 aromatic rings. The van der Waals surface area contributed by atoms with Crippen molar-refractivity contribution in [2.24, 2.45) is 0 Å². The van der Waals surface area contributed by atoms with E-state index in [0.717, 1.165) is 0 Å². The third-order valence-electron chi connectivity index (χ3n) is 4.35. The van der Waals surface area contributed by atoms with Crippen molar-refractivity contribution in [1.29, 1.82) is 0 Å². The van der Waals surface area contributed by atoms with Crippen molar-refractivity contribution in [2.75, 3.05) is 0 Å². The van der Waals surface area contributed by atoms with Gasteiger partial charge >= 0.3 is 0 Å². The molecule has 1 heterocycles. The predicted molar refractivity (Wildman–Crippen MR) is 93.1 cm³/mol. The Balaban J connectivity index is 2.10. The first-order valence-corrected chi connectivity index (χ1v) is 9.49. The van der Waals surface area contributed by atoms with Crippen LogP contribution in [0.1, 0.15) is 78.6 Å². The molecule has 0 saturated carbocycles. The normalized spacial score (nSPS) is 21.2. The minimum Gasteiger partial charge on any atom is -0.118 e. The molecule has 1 heteroatoms. The maximum atomic E-state index is 2.58. The summed E-state index contributed by atoms with van der Waals surface area (Å²) in [5, 5.41) is 0.667. The number of unbranched alkanes of at least 4 members (excludes halogenated alkanes) is 3. The number of allylic oxidation sites excluding steroid dienone is 4. The van der Waals surface area contributed by atoms with E-state index in [2.05, 4.69) is 44.7 Å². The Morgan fingerprint density at radius 2 is 1.55 bits per heavy atom. The smallest absolute Gasteiger partial charge is 0.0530 e. The van der Waals surface area contributed by atoms with E-state index in [1.54, 1.807) is 21.6 Å². The number of hydrogen-bond acceptors (Lipinski definition) is 1. The fraction of sp³-hybridized carbons (Fsp3) is 0.684. The van der Waals surface area contributed by atoms with E-state index in [-0.39, 0.29) is 0 Å². The van der Waals surface area contributed by atoms with E-state index in [4.69, 9.17) is 0 Å². The SMILES string of the molecule is CCCCC1=CC2=C(CCCC)C(CCCC)=CC2S1. The van der Waals surface area contributed by atoms with Gasteiger partial charge < -0.3 is 0 Å². The van der Waals surface area contributed by atoms with Gasteiger partial charge in [-0.05, 0) is 66.2 Å².